The van der Waals surface area contributed by atoms with Crippen molar-refractivity contribution in [3.63, 3.8) is 0 Å². The number of amides is 1. The van der Waals surface area contributed by atoms with Gasteiger partial charge in [0.25, 0.3) is 0 Å². The number of nitrogens with zero attached hydrogens (tertiary/aromatic N) is 2. The molecule has 0 fully saturated rings. The third-order valence-electron chi connectivity index (χ3n) is 7.96. The molecule has 0 saturated heterocycles. The van der Waals surface area contributed by atoms with Gasteiger partial charge in [-0.3, -0.25) is 4.79 Å². The number of aromatic nitrogens is 1. The van der Waals surface area contributed by atoms with Gasteiger partial charge >= 0.3 is 5.97 Å². The topological polar surface area (TPSA) is 71.8 Å². The van der Waals surface area contributed by atoms with Gasteiger partial charge in [0.1, 0.15) is 5.41 Å². The van der Waals surface area contributed by atoms with Crippen LogP contribution in [0.15, 0.2) is 109 Å². The van der Waals surface area contributed by atoms with Crippen molar-refractivity contribution in [2.45, 2.75) is 38.5 Å². The van der Waals surface area contributed by atoms with Crippen LogP contribution in [0.5, 0.6) is 0 Å². The van der Waals surface area contributed by atoms with Gasteiger partial charge in [0.05, 0.1) is 13.2 Å². The van der Waals surface area contributed by atoms with E-state index >= 15 is 0 Å². The van der Waals surface area contributed by atoms with Crippen LogP contribution < -0.4 is 4.90 Å². The second-order valence-corrected chi connectivity index (χ2v) is 10.5. The van der Waals surface area contributed by atoms with Crippen molar-refractivity contribution >= 4 is 28.5 Å². The van der Waals surface area contributed by atoms with E-state index < -0.39 is 17.5 Å². The zero-order valence-corrected chi connectivity index (χ0v) is 23.2. The van der Waals surface area contributed by atoms with Crippen molar-refractivity contribution in [2.75, 3.05) is 11.5 Å². The highest BCUT2D eigenvalue weighted by atomic mass is 16.5. The molecular formula is C35H32N2O4. The number of fused-ring (bicyclic) bond motifs is 2. The number of rotatable bonds is 8. The fraction of sp³-hybridized carbons (Fsp3) is 0.200. The largest absolute Gasteiger partial charge is 0.464 e. The number of aryl methyl sites for hydroxylation is 1. The van der Waals surface area contributed by atoms with E-state index in [-0.39, 0.29) is 12.5 Å². The van der Waals surface area contributed by atoms with Gasteiger partial charge in [0.2, 0.25) is 5.91 Å². The highest BCUT2D eigenvalue weighted by molar-refractivity contribution is 6.15. The fourth-order valence-corrected chi connectivity index (χ4v) is 6.10. The average molecular weight is 545 g/mol. The number of aliphatic hydroxyl groups is 1. The molecule has 1 aliphatic heterocycles. The zero-order valence-electron chi connectivity index (χ0n) is 23.2. The molecule has 1 N–H and O–H groups in total. The van der Waals surface area contributed by atoms with Crippen molar-refractivity contribution in [3.8, 4) is 0 Å². The minimum atomic E-state index is -1.76. The highest BCUT2D eigenvalue weighted by Crippen LogP contribution is 2.51. The highest BCUT2D eigenvalue weighted by Gasteiger charge is 2.60. The molecule has 4 aromatic carbocycles. The molecule has 0 spiro atoms. The Morgan fingerprint density at radius 1 is 0.854 bits per heavy atom. The first-order valence-electron chi connectivity index (χ1n) is 13.9. The fourth-order valence-electron chi connectivity index (χ4n) is 6.10. The summed E-state index contributed by atoms with van der Waals surface area (Å²) in [5, 5.41) is 12.8. The van der Waals surface area contributed by atoms with Crippen LogP contribution in [-0.2, 0) is 32.8 Å². The third-order valence-corrected chi connectivity index (χ3v) is 7.96. The van der Waals surface area contributed by atoms with Crippen molar-refractivity contribution in [2.24, 2.45) is 0 Å². The van der Waals surface area contributed by atoms with Crippen LogP contribution in [0.3, 0.4) is 0 Å². The van der Waals surface area contributed by atoms with Gasteiger partial charge in [-0.15, -0.1) is 0 Å². The number of hydrogen-bond acceptors (Lipinski definition) is 4. The minimum Gasteiger partial charge on any atom is -0.464 e. The van der Waals surface area contributed by atoms with E-state index in [0.717, 1.165) is 27.6 Å². The van der Waals surface area contributed by atoms with E-state index in [4.69, 9.17) is 4.74 Å². The summed E-state index contributed by atoms with van der Waals surface area (Å²) in [6.45, 7) is 4.60. The molecule has 41 heavy (non-hydrogen) atoms. The van der Waals surface area contributed by atoms with Crippen molar-refractivity contribution < 1.29 is 19.4 Å². The maximum Gasteiger partial charge on any atom is 0.336 e. The summed E-state index contributed by atoms with van der Waals surface area (Å²) in [6.07, 6.45) is 0.170. The molecule has 1 aromatic heterocycles. The number of ether oxygens (including phenoxy) is 1. The molecule has 0 saturated carbocycles. The Kier molecular flexibility index (Phi) is 6.93. The average Bonchev–Trinajstić information content (AvgIpc) is 3.46. The molecule has 0 radical (unpaired) electrons. The lowest BCUT2D eigenvalue weighted by Gasteiger charge is -2.32. The molecular weight excluding hydrogens is 512 g/mol. The lowest BCUT2D eigenvalue weighted by molar-refractivity contribution is -0.158. The van der Waals surface area contributed by atoms with Crippen molar-refractivity contribution in [3.05, 3.63) is 137 Å². The van der Waals surface area contributed by atoms with E-state index in [0.29, 0.717) is 29.9 Å². The molecule has 6 heteroatoms. The Morgan fingerprint density at radius 3 is 2.17 bits per heavy atom. The van der Waals surface area contributed by atoms with Crippen LogP contribution in [0.4, 0.5) is 5.69 Å². The summed E-state index contributed by atoms with van der Waals surface area (Å²) >= 11 is 0. The number of hydrogen-bond donors (Lipinski definition) is 1. The summed E-state index contributed by atoms with van der Waals surface area (Å²) in [5.41, 5.74) is 4.02. The molecule has 1 aliphatic rings. The molecule has 2 heterocycles. The number of para-hydroxylation sites is 1. The molecule has 1 amide bonds. The quantitative estimate of drug-likeness (QED) is 0.252. The molecule has 6 rings (SSSR count). The maximum atomic E-state index is 14.9. The van der Waals surface area contributed by atoms with E-state index in [1.54, 1.807) is 11.8 Å². The molecule has 0 unspecified atom stereocenters. The predicted molar refractivity (Wildman–Crippen MR) is 160 cm³/mol. The van der Waals surface area contributed by atoms with Crippen LogP contribution in [0.1, 0.15) is 34.7 Å². The molecule has 5 aromatic rings. The molecule has 6 nitrogen and oxygen atoms in total. The third kappa shape index (κ3) is 4.41. The SMILES string of the molecule is CCOC(=O)[C@@H](O)[C@@]1(c2cn(Cc3ccccc3)c3ccccc23)C(=O)N(Cc2ccccc2)c2ccc(C)cc21. The Balaban J connectivity index is 1.62. The standard InChI is InChI=1S/C35H32N2O4/c1-3-41-33(39)32(38)35(29-23-36(21-25-12-6-4-7-13-25)30-17-11-10-16-27(29)30)28-20-24(2)18-19-31(28)37(34(35)40)22-26-14-8-5-9-15-26/h4-20,23,32,38H,3,21-22H2,1-2H3/t32-,35-/m1/s1. The Labute approximate surface area is 239 Å². The van der Waals surface area contributed by atoms with E-state index in [1.807, 2.05) is 104 Å². The van der Waals surface area contributed by atoms with E-state index in [9.17, 15) is 14.7 Å². The smallest absolute Gasteiger partial charge is 0.336 e. The van der Waals surface area contributed by atoms with Gasteiger partial charge in [-0.2, -0.15) is 0 Å². The van der Waals surface area contributed by atoms with E-state index in [1.165, 1.54) is 0 Å². The maximum absolute atomic E-state index is 14.9. The Bertz CT molecular complexity index is 1730. The van der Waals surface area contributed by atoms with Crippen molar-refractivity contribution in [1.82, 2.24) is 4.57 Å². The predicted octanol–water partition coefficient (Wildman–Crippen LogP) is 5.75. The van der Waals surface area contributed by atoms with Gasteiger partial charge in [-0.05, 0) is 42.7 Å². The lowest BCUT2D eigenvalue weighted by atomic mass is 9.70. The van der Waals surface area contributed by atoms with Gasteiger partial charge in [-0.25, -0.2) is 4.79 Å². The Morgan fingerprint density at radius 2 is 1.49 bits per heavy atom. The van der Waals surface area contributed by atoms with Crippen molar-refractivity contribution in [1.29, 1.82) is 0 Å². The van der Waals surface area contributed by atoms with Crippen LogP contribution >= 0.6 is 0 Å². The Hall–Kier alpha value is -4.68. The number of carbonyl (C=O) groups is 2. The van der Waals surface area contributed by atoms with Gasteiger partial charge in [-0.1, -0.05) is 96.6 Å². The first-order chi connectivity index (χ1) is 19.9. The number of benzene rings is 4. The molecule has 2 atom stereocenters. The number of anilines is 1. The van der Waals surface area contributed by atoms with Gasteiger partial charge in [0, 0.05) is 34.9 Å². The minimum absolute atomic E-state index is 0.0876. The second kappa shape index (κ2) is 10.7. The monoisotopic (exact) mass is 544 g/mol. The van der Waals surface area contributed by atoms with Crippen LogP contribution in [0, 0.1) is 6.92 Å². The number of aliphatic hydroxyl groups excluding tert-OH is 1. The first kappa shape index (κ1) is 26.5. The number of carbonyl (C=O) groups excluding carboxylic acids is 2. The second-order valence-electron chi connectivity index (χ2n) is 10.5. The van der Waals surface area contributed by atoms with E-state index in [2.05, 4.69) is 16.7 Å². The van der Waals surface area contributed by atoms with Crippen LogP contribution in [0.2, 0.25) is 0 Å². The van der Waals surface area contributed by atoms with Gasteiger partial charge in [0.15, 0.2) is 6.10 Å². The molecule has 0 bridgehead atoms. The first-order valence-corrected chi connectivity index (χ1v) is 13.9. The summed E-state index contributed by atoms with van der Waals surface area (Å²) < 4.78 is 7.44. The summed E-state index contributed by atoms with van der Waals surface area (Å²) in [6, 6.07) is 33.4. The summed E-state index contributed by atoms with van der Waals surface area (Å²) in [4.78, 5) is 30.0. The molecule has 0 aliphatic carbocycles. The summed E-state index contributed by atoms with van der Waals surface area (Å²) in [5.74, 6) is -1.18. The number of esters is 1. The zero-order chi connectivity index (χ0) is 28.6. The van der Waals surface area contributed by atoms with Gasteiger partial charge < -0.3 is 19.3 Å². The van der Waals surface area contributed by atoms with Crippen LogP contribution in [-0.4, -0.2) is 34.3 Å². The normalized spacial score (nSPS) is 17.0. The summed E-state index contributed by atoms with van der Waals surface area (Å²) in [7, 11) is 0. The molecule has 206 valence electrons. The van der Waals surface area contributed by atoms with Crippen LogP contribution in [0.25, 0.3) is 10.9 Å². The lowest BCUT2D eigenvalue weighted by Crippen LogP contribution is -2.53.